The summed E-state index contributed by atoms with van der Waals surface area (Å²) < 4.78 is 0. The SMILES string of the molecule is CCCCC#Cc1ccccc1C(O)C(C)C. The van der Waals surface area contributed by atoms with Crippen LogP contribution in [0.5, 0.6) is 0 Å². The number of rotatable bonds is 4. The Hall–Kier alpha value is -1.26. The predicted molar refractivity (Wildman–Crippen MR) is 72.6 cm³/mol. The van der Waals surface area contributed by atoms with Gasteiger partial charge < -0.3 is 5.11 Å². The maximum absolute atomic E-state index is 10.1. The van der Waals surface area contributed by atoms with Gasteiger partial charge in [0.15, 0.2) is 0 Å². The van der Waals surface area contributed by atoms with Gasteiger partial charge in [-0.15, -0.1) is 0 Å². The van der Waals surface area contributed by atoms with E-state index in [1.54, 1.807) is 0 Å². The van der Waals surface area contributed by atoms with Gasteiger partial charge in [-0.1, -0.05) is 57.2 Å². The molecule has 1 nitrogen and oxygen atoms in total. The standard InChI is InChI=1S/C16H22O/c1-4-5-6-7-10-14-11-8-9-12-15(14)16(17)13(2)3/h8-9,11-13,16-17H,4-6H2,1-3H3. The number of aliphatic hydroxyl groups excluding tert-OH is 1. The van der Waals surface area contributed by atoms with E-state index in [0.717, 1.165) is 24.0 Å². The summed E-state index contributed by atoms with van der Waals surface area (Å²) in [5.74, 6) is 6.57. The van der Waals surface area contributed by atoms with Gasteiger partial charge in [0.25, 0.3) is 0 Å². The fraction of sp³-hybridized carbons (Fsp3) is 0.500. The minimum absolute atomic E-state index is 0.216. The van der Waals surface area contributed by atoms with E-state index in [1.165, 1.54) is 6.42 Å². The minimum atomic E-state index is -0.424. The van der Waals surface area contributed by atoms with Crippen LogP contribution in [0.4, 0.5) is 0 Å². The molecule has 0 aliphatic rings. The van der Waals surface area contributed by atoms with Crippen molar-refractivity contribution in [3.8, 4) is 11.8 Å². The molecule has 1 aromatic rings. The van der Waals surface area contributed by atoms with Crippen molar-refractivity contribution in [3.63, 3.8) is 0 Å². The lowest BCUT2D eigenvalue weighted by Crippen LogP contribution is -2.07. The Kier molecular flexibility index (Phi) is 5.80. The van der Waals surface area contributed by atoms with E-state index in [0.29, 0.717) is 0 Å². The Morgan fingerprint density at radius 3 is 2.59 bits per heavy atom. The first-order chi connectivity index (χ1) is 8.16. The largest absolute Gasteiger partial charge is 0.388 e. The van der Waals surface area contributed by atoms with Crippen LogP contribution in [0, 0.1) is 17.8 Å². The van der Waals surface area contributed by atoms with E-state index in [9.17, 15) is 5.11 Å². The van der Waals surface area contributed by atoms with Gasteiger partial charge in [0.2, 0.25) is 0 Å². The van der Waals surface area contributed by atoms with E-state index in [1.807, 2.05) is 38.1 Å². The van der Waals surface area contributed by atoms with Crippen LogP contribution in [0.1, 0.15) is 57.3 Å². The summed E-state index contributed by atoms with van der Waals surface area (Å²) in [6.45, 7) is 6.20. The number of aliphatic hydroxyl groups is 1. The summed E-state index contributed by atoms with van der Waals surface area (Å²) in [6, 6.07) is 7.88. The zero-order valence-corrected chi connectivity index (χ0v) is 11.0. The van der Waals surface area contributed by atoms with E-state index in [4.69, 9.17) is 0 Å². The molecule has 1 rings (SSSR count). The molecule has 1 unspecified atom stereocenters. The highest BCUT2D eigenvalue weighted by Crippen LogP contribution is 2.23. The Morgan fingerprint density at radius 1 is 1.24 bits per heavy atom. The lowest BCUT2D eigenvalue weighted by atomic mass is 9.95. The molecule has 0 bridgehead atoms. The fourth-order valence-corrected chi connectivity index (χ4v) is 1.65. The highest BCUT2D eigenvalue weighted by atomic mass is 16.3. The number of hydrogen-bond donors (Lipinski definition) is 1. The quantitative estimate of drug-likeness (QED) is 0.614. The van der Waals surface area contributed by atoms with Gasteiger partial charge >= 0.3 is 0 Å². The molecule has 1 atom stereocenters. The van der Waals surface area contributed by atoms with E-state index in [-0.39, 0.29) is 5.92 Å². The van der Waals surface area contributed by atoms with Crippen molar-refractivity contribution in [1.82, 2.24) is 0 Å². The maximum Gasteiger partial charge on any atom is 0.0824 e. The molecule has 0 aliphatic heterocycles. The molecule has 17 heavy (non-hydrogen) atoms. The van der Waals surface area contributed by atoms with Crippen LogP contribution >= 0.6 is 0 Å². The third-order valence-electron chi connectivity index (χ3n) is 2.79. The second-order valence-electron chi connectivity index (χ2n) is 4.68. The van der Waals surface area contributed by atoms with Crippen molar-refractivity contribution in [1.29, 1.82) is 0 Å². The molecule has 0 aliphatic carbocycles. The molecule has 0 heterocycles. The zero-order chi connectivity index (χ0) is 12.7. The highest BCUT2D eigenvalue weighted by molar-refractivity contribution is 5.42. The zero-order valence-electron chi connectivity index (χ0n) is 11.0. The number of hydrogen-bond acceptors (Lipinski definition) is 1. The monoisotopic (exact) mass is 230 g/mol. The lowest BCUT2D eigenvalue weighted by Gasteiger charge is -2.16. The van der Waals surface area contributed by atoms with Crippen LogP contribution in [0.15, 0.2) is 24.3 Å². The number of benzene rings is 1. The van der Waals surface area contributed by atoms with E-state index < -0.39 is 6.10 Å². The van der Waals surface area contributed by atoms with Crippen molar-refractivity contribution < 1.29 is 5.11 Å². The average Bonchev–Trinajstić information content (AvgIpc) is 2.34. The van der Waals surface area contributed by atoms with E-state index >= 15 is 0 Å². The van der Waals surface area contributed by atoms with Gasteiger partial charge in [-0.05, 0) is 24.0 Å². The highest BCUT2D eigenvalue weighted by Gasteiger charge is 2.14. The van der Waals surface area contributed by atoms with Crippen LogP contribution in [0.2, 0.25) is 0 Å². The Labute approximate surface area is 105 Å². The molecule has 0 fully saturated rings. The van der Waals surface area contributed by atoms with Gasteiger partial charge in [0, 0.05) is 12.0 Å². The number of unbranched alkanes of at least 4 members (excludes halogenated alkanes) is 2. The van der Waals surface area contributed by atoms with Crippen LogP contribution in [0.25, 0.3) is 0 Å². The summed E-state index contributed by atoms with van der Waals surface area (Å²) in [4.78, 5) is 0. The maximum atomic E-state index is 10.1. The van der Waals surface area contributed by atoms with Crippen LogP contribution < -0.4 is 0 Å². The molecule has 1 aromatic carbocycles. The second kappa shape index (κ2) is 7.14. The Morgan fingerprint density at radius 2 is 1.94 bits per heavy atom. The molecule has 0 spiro atoms. The summed E-state index contributed by atoms with van der Waals surface area (Å²) in [6.07, 6.45) is 2.82. The van der Waals surface area contributed by atoms with Crippen LogP contribution in [0.3, 0.4) is 0 Å². The molecule has 0 radical (unpaired) electrons. The molecule has 0 saturated heterocycles. The van der Waals surface area contributed by atoms with Crippen molar-refractivity contribution in [3.05, 3.63) is 35.4 Å². The summed E-state index contributed by atoms with van der Waals surface area (Å²) in [5.41, 5.74) is 1.91. The van der Waals surface area contributed by atoms with Crippen molar-refractivity contribution in [2.45, 2.75) is 46.1 Å². The molecule has 1 heteroatoms. The van der Waals surface area contributed by atoms with Gasteiger partial charge in [0.1, 0.15) is 0 Å². The van der Waals surface area contributed by atoms with Gasteiger partial charge in [-0.3, -0.25) is 0 Å². The smallest absolute Gasteiger partial charge is 0.0824 e. The van der Waals surface area contributed by atoms with Crippen molar-refractivity contribution >= 4 is 0 Å². The molecule has 0 aromatic heterocycles. The van der Waals surface area contributed by atoms with Crippen molar-refractivity contribution in [2.24, 2.45) is 5.92 Å². The Balaban J connectivity index is 2.87. The van der Waals surface area contributed by atoms with E-state index in [2.05, 4.69) is 18.8 Å². The molecule has 0 amide bonds. The molecule has 1 N–H and O–H groups in total. The van der Waals surface area contributed by atoms with Gasteiger partial charge in [0.05, 0.1) is 6.10 Å². The topological polar surface area (TPSA) is 20.2 Å². The first kappa shape index (κ1) is 13.8. The molecule has 0 saturated carbocycles. The third kappa shape index (κ3) is 4.24. The first-order valence-corrected chi connectivity index (χ1v) is 6.42. The molecular formula is C16H22O. The van der Waals surface area contributed by atoms with Crippen LogP contribution in [-0.4, -0.2) is 5.11 Å². The average molecular weight is 230 g/mol. The summed E-state index contributed by atoms with van der Waals surface area (Å²) in [5, 5.41) is 10.1. The van der Waals surface area contributed by atoms with Crippen LogP contribution in [-0.2, 0) is 0 Å². The van der Waals surface area contributed by atoms with Gasteiger partial charge in [-0.2, -0.15) is 0 Å². The second-order valence-corrected chi connectivity index (χ2v) is 4.68. The molecular weight excluding hydrogens is 208 g/mol. The third-order valence-corrected chi connectivity index (χ3v) is 2.79. The minimum Gasteiger partial charge on any atom is -0.388 e. The lowest BCUT2D eigenvalue weighted by molar-refractivity contribution is 0.126. The molecule has 92 valence electrons. The Bertz CT molecular complexity index is 395. The van der Waals surface area contributed by atoms with Crippen molar-refractivity contribution in [2.75, 3.05) is 0 Å². The van der Waals surface area contributed by atoms with Gasteiger partial charge in [-0.25, -0.2) is 0 Å². The fourth-order valence-electron chi connectivity index (χ4n) is 1.65. The normalized spacial score (nSPS) is 12.1. The predicted octanol–water partition coefficient (Wildman–Crippen LogP) is 3.92. The summed E-state index contributed by atoms with van der Waals surface area (Å²) in [7, 11) is 0. The summed E-state index contributed by atoms with van der Waals surface area (Å²) >= 11 is 0. The first-order valence-electron chi connectivity index (χ1n) is 6.42.